The van der Waals surface area contributed by atoms with Gasteiger partial charge in [0.25, 0.3) is 0 Å². The fraction of sp³-hybridized carbons (Fsp3) is 0.250. The minimum atomic E-state index is -0.695. The Labute approximate surface area is 188 Å². The molecule has 5 N–H and O–H groups in total. The average molecular weight is 432 g/mol. The van der Waals surface area contributed by atoms with E-state index < -0.39 is 6.03 Å². The van der Waals surface area contributed by atoms with Crippen molar-refractivity contribution in [2.24, 2.45) is 5.73 Å². The Morgan fingerprint density at radius 1 is 1.22 bits per heavy atom. The van der Waals surface area contributed by atoms with Gasteiger partial charge in [0.1, 0.15) is 5.82 Å². The number of amides is 2. The quantitative estimate of drug-likeness (QED) is 0.453. The van der Waals surface area contributed by atoms with Gasteiger partial charge in [-0.3, -0.25) is 10.3 Å². The number of benzene rings is 1. The second-order valence-electron chi connectivity index (χ2n) is 7.76. The maximum Gasteiger partial charge on any atom is 0.317 e. The summed E-state index contributed by atoms with van der Waals surface area (Å²) in [4.78, 5) is 21.3. The predicted molar refractivity (Wildman–Crippen MR) is 129 cm³/mol. The number of urea groups is 1. The summed E-state index contributed by atoms with van der Waals surface area (Å²) in [7, 11) is 2.20. The third-order valence-electron chi connectivity index (χ3n) is 5.18. The summed E-state index contributed by atoms with van der Waals surface area (Å²) in [5.41, 5.74) is 9.49. The zero-order valence-electron chi connectivity index (χ0n) is 18.4. The van der Waals surface area contributed by atoms with Gasteiger partial charge in [0.05, 0.1) is 11.9 Å². The van der Waals surface area contributed by atoms with Crippen molar-refractivity contribution in [3.8, 4) is 0 Å². The SMILES string of the molecule is CN1CC[C@H](c2ccccc2)C1.Cc1cc(Nc2cnc(NC(N)=O)cc2C=N)ccn1. The van der Waals surface area contributed by atoms with Gasteiger partial charge in [0.15, 0.2) is 0 Å². The summed E-state index contributed by atoms with van der Waals surface area (Å²) >= 11 is 0. The van der Waals surface area contributed by atoms with Crippen LogP contribution in [0.25, 0.3) is 0 Å². The number of nitrogens with one attached hydrogen (secondary N) is 3. The lowest BCUT2D eigenvalue weighted by molar-refractivity contribution is 0.259. The van der Waals surface area contributed by atoms with Crippen molar-refractivity contribution in [1.82, 2.24) is 14.9 Å². The van der Waals surface area contributed by atoms with Gasteiger partial charge in [-0.1, -0.05) is 30.3 Å². The summed E-state index contributed by atoms with van der Waals surface area (Å²) in [5, 5.41) is 12.9. The van der Waals surface area contributed by atoms with Crippen LogP contribution in [0.4, 0.5) is 22.0 Å². The minimum Gasteiger partial charge on any atom is -0.354 e. The molecule has 2 amide bonds. The van der Waals surface area contributed by atoms with Crippen molar-refractivity contribution < 1.29 is 4.79 Å². The molecule has 0 radical (unpaired) electrons. The van der Waals surface area contributed by atoms with Crippen molar-refractivity contribution in [3.05, 3.63) is 77.7 Å². The highest BCUT2D eigenvalue weighted by Gasteiger charge is 2.20. The smallest absolute Gasteiger partial charge is 0.317 e. The normalized spacial score (nSPS) is 15.4. The molecule has 1 aromatic carbocycles. The van der Waals surface area contributed by atoms with E-state index in [4.69, 9.17) is 11.1 Å². The molecule has 3 aromatic rings. The molecule has 32 heavy (non-hydrogen) atoms. The van der Waals surface area contributed by atoms with Crippen molar-refractivity contribution >= 4 is 29.4 Å². The summed E-state index contributed by atoms with van der Waals surface area (Å²) in [5.74, 6) is 1.07. The second-order valence-corrected chi connectivity index (χ2v) is 7.76. The number of primary amides is 1. The molecule has 8 nitrogen and oxygen atoms in total. The molecule has 0 unspecified atom stereocenters. The fourth-order valence-electron chi connectivity index (χ4n) is 3.60. The number of aromatic nitrogens is 2. The van der Waals surface area contributed by atoms with Gasteiger partial charge in [-0.05, 0) is 56.6 Å². The second kappa shape index (κ2) is 11.0. The molecular formula is C24H29N7O. The van der Waals surface area contributed by atoms with Crippen molar-refractivity contribution in [2.45, 2.75) is 19.3 Å². The first-order valence-electron chi connectivity index (χ1n) is 10.4. The number of carbonyl (C=O) groups is 1. The van der Waals surface area contributed by atoms with Crippen LogP contribution in [0.3, 0.4) is 0 Å². The largest absolute Gasteiger partial charge is 0.354 e. The molecule has 0 saturated carbocycles. The molecular weight excluding hydrogens is 402 g/mol. The number of nitrogens with two attached hydrogens (primary N) is 1. The van der Waals surface area contributed by atoms with Gasteiger partial charge < -0.3 is 21.4 Å². The van der Waals surface area contributed by atoms with E-state index >= 15 is 0 Å². The Balaban J connectivity index is 0.000000204. The Bertz CT molecular complexity index is 1060. The number of nitrogens with zero attached hydrogens (tertiary/aromatic N) is 3. The van der Waals surface area contributed by atoms with Crippen LogP contribution >= 0.6 is 0 Å². The molecule has 0 spiro atoms. The zero-order chi connectivity index (χ0) is 22.9. The van der Waals surface area contributed by atoms with Crippen LogP contribution in [-0.2, 0) is 0 Å². The lowest BCUT2D eigenvalue weighted by Gasteiger charge is -2.10. The van der Waals surface area contributed by atoms with Gasteiger partial charge in [-0.2, -0.15) is 0 Å². The van der Waals surface area contributed by atoms with Crippen LogP contribution in [0.2, 0.25) is 0 Å². The first kappa shape index (κ1) is 22.9. The van der Waals surface area contributed by atoms with E-state index in [1.807, 2.05) is 19.1 Å². The highest BCUT2D eigenvalue weighted by atomic mass is 16.2. The van der Waals surface area contributed by atoms with Crippen molar-refractivity contribution in [2.75, 3.05) is 30.8 Å². The molecule has 0 bridgehead atoms. The van der Waals surface area contributed by atoms with E-state index in [0.29, 0.717) is 17.1 Å². The number of hydrogen-bond donors (Lipinski definition) is 4. The third-order valence-corrected chi connectivity index (χ3v) is 5.18. The van der Waals surface area contributed by atoms with Gasteiger partial charge >= 0.3 is 6.03 Å². The molecule has 8 heteroatoms. The fourth-order valence-corrected chi connectivity index (χ4v) is 3.60. The first-order valence-corrected chi connectivity index (χ1v) is 10.4. The Hall–Kier alpha value is -3.78. The topological polar surface area (TPSA) is 120 Å². The Morgan fingerprint density at radius 3 is 2.62 bits per heavy atom. The van der Waals surface area contributed by atoms with E-state index in [0.717, 1.165) is 17.3 Å². The van der Waals surface area contributed by atoms with Gasteiger partial charge in [0.2, 0.25) is 0 Å². The number of hydrogen-bond acceptors (Lipinski definition) is 6. The summed E-state index contributed by atoms with van der Waals surface area (Å²) < 4.78 is 0. The molecule has 0 aliphatic carbocycles. The van der Waals surface area contributed by atoms with Gasteiger partial charge in [0, 0.05) is 35.9 Å². The summed E-state index contributed by atoms with van der Waals surface area (Å²) in [6, 6.07) is 15.4. The first-order chi connectivity index (χ1) is 15.4. The van der Waals surface area contributed by atoms with E-state index in [-0.39, 0.29) is 0 Å². The highest BCUT2D eigenvalue weighted by molar-refractivity contribution is 5.91. The summed E-state index contributed by atoms with van der Waals surface area (Å²) in [6.45, 7) is 4.37. The van der Waals surface area contributed by atoms with Gasteiger partial charge in [-0.15, -0.1) is 0 Å². The molecule has 1 aliphatic heterocycles. The maximum absolute atomic E-state index is 10.8. The zero-order valence-corrected chi connectivity index (χ0v) is 18.4. The molecule has 2 aromatic heterocycles. The average Bonchev–Trinajstić information content (AvgIpc) is 3.22. The Morgan fingerprint density at radius 2 is 2.00 bits per heavy atom. The van der Waals surface area contributed by atoms with Crippen LogP contribution in [-0.4, -0.2) is 47.3 Å². The lowest BCUT2D eigenvalue weighted by Crippen LogP contribution is -2.20. The van der Waals surface area contributed by atoms with E-state index in [1.54, 1.807) is 12.3 Å². The van der Waals surface area contributed by atoms with Crippen LogP contribution < -0.4 is 16.4 Å². The van der Waals surface area contributed by atoms with E-state index in [1.165, 1.54) is 37.5 Å². The summed E-state index contributed by atoms with van der Waals surface area (Å²) in [6.07, 6.45) is 5.71. The van der Waals surface area contributed by atoms with Crippen molar-refractivity contribution in [1.29, 1.82) is 5.41 Å². The maximum atomic E-state index is 10.8. The molecule has 4 rings (SSSR count). The minimum absolute atomic E-state index is 0.299. The number of pyridine rings is 2. The Kier molecular flexibility index (Phi) is 7.88. The van der Waals surface area contributed by atoms with Crippen molar-refractivity contribution in [3.63, 3.8) is 0 Å². The predicted octanol–water partition coefficient (Wildman–Crippen LogP) is 4.12. The van der Waals surface area contributed by atoms with Crippen LogP contribution in [0, 0.1) is 12.3 Å². The standard InChI is InChI=1S/C13H14N6O.C11H15N/c1-8-4-10(2-3-16-8)18-11-7-17-12(19-13(15)20)5-9(11)6-14;1-12-8-7-11(9-12)10-5-3-2-4-6-10/h2-7,14H,1H3,(H,16,18)(H3,15,17,19,20);2-6,11H,7-9H2,1H3/t;11-/m.0/s1. The molecule has 1 atom stereocenters. The number of carbonyl (C=O) groups excluding carboxylic acids is 1. The third kappa shape index (κ3) is 6.61. The number of likely N-dealkylation sites (tertiary alicyclic amines) is 1. The van der Waals surface area contributed by atoms with Crippen LogP contribution in [0.1, 0.15) is 29.2 Å². The number of aryl methyl sites for hydroxylation is 1. The number of anilines is 3. The lowest BCUT2D eigenvalue weighted by atomic mass is 9.99. The van der Waals surface area contributed by atoms with Crippen LogP contribution in [0.5, 0.6) is 0 Å². The number of likely N-dealkylation sites (N-methyl/N-ethyl adjacent to an activating group) is 1. The van der Waals surface area contributed by atoms with Crippen LogP contribution in [0.15, 0.2) is 60.9 Å². The number of rotatable bonds is 5. The molecule has 1 fully saturated rings. The molecule has 166 valence electrons. The monoisotopic (exact) mass is 431 g/mol. The molecule has 3 heterocycles. The van der Waals surface area contributed by atoms with Gasteiger partial charge in [-0.25, -0.2) is 9.78 Å². The highest BCUT2D eigenvalue weighted by Crippen LogP contribution is 2.25. The molecule has 1 saturated heterocycles. The molecule has 1 aliphatic rings. The van der Waals surface area contributed by atoms with E-state index in [9.17, 15) is 4.79 Å². The van der Waals surface area contributed by atoms with E-state index in [2.05, 4.69) is 62.9 Å².